The van der Waals surface area contributed by atoms with Crippen molar-refractivity contribution in [2.24, 2.45) is 5.92 Å². The van der Waals surface area contributed by atoms with Crippen molar-refractivity contribution in [3.8, 4) is 23.1 Å². The number of hydrogen-bond donors (Lipinski definition) is 1. The lowest BCUT2D eigenvalue weighted by atomic mass is 10.0. The highest BCUT2D eigenvalue weighted by Crippen LogP contribution is 2.29. The predicted molar refractivity (Wildman–Crippen MR) is 113 cm³/mol. The van der Waals surface area contributed by atoms with Gasteiger partial charge in [-0.15, -0.1) is 10.2 Å². The average molecular weight is 418 g/mol. The number of carbonyl (C=O) groups excluding carboxylic acids is 1. The average Bonchev–Trinajstić information content (AvgIpc) is 3.21. The number of nitrogens with zero attached hydrogens (tertiary/aromatic N) is 7. The minimum absolute atomic E-state index is 0.138. The third kappa shape index (κ3) is 3.43. The van der Waals surface area contributed by atoms with Crippen molar-refractivity contribution in [1.82, 2.24) is 30.0 Å². The van der Waals surface area contributed by atoms with Gasteiger partial charge in [0.05, 0.1) is 24.9 Å². The summed E-state index contributed by atoms with van der Waals surface area (Å²) in [5, 5.41) is 25.5. The Morgan fingerprint density at radius 1 is 1.23 bits per heavy atom. The molecule has 3 aromatic rings. The summed E-state index contributed by atoms with van der Waals surface area (Å²) in [6, 6.07) is 7.81. The molecule has 5 heterocycles. The van der Waals surface area contributed by atoms with Crippen LogP contribution in [-0.2, 0) is 4.79 Å². The van der Waals surface area contributed by atoms with E-state index < -0.39 is 0 Å². The van der Waals surface area contributed by atoms with Crippen LogP contribution in [0.25, 0.3) is 16.8 Å². The molecule has 1 N–H and O–H groups in total. The Bertz CT molecular complexity index is 1150. The van der Waals surface area contributed by atoms with Crippen molar-refractivity contribution in [2.75, 3.05) is 51.3 Å². The SMILES string of the molecule is COc1cc(-c2ccc(N3CCN(C(=O)C4CNC4)CC3)nn2)cn2ncc(C#N)c12. The van der Waals surface area contributed by atoms with E-state index in [9.17, 15) is 10.1 Å². The number of aromatic nitrogens is 4. The van der Waals surface area contributed by atoms with Gasteiger partial charge in [0.15, 0.2) is 5.82 Å². The molecule has 1 amide bonds. The van der Waals surface area contributed by atoms with E-state index in [1.165, 1.54) is 6.20 Å². The number of ether oxygens (including phenoxy) is 1. The van der Waals surface area contributed by atoms with Crippen LogP contribution in [0.5, 0.6) is 5.75 Å². The number of rotatable bonds is 4. The molecule has 0 bridgehead atoms. The maximum absolute atomic E-state index is 12.4. The first-order chi connectivity index (χ1) is 15.2. The second kappa shape index (κ2) is 7.85. The van der Waals surface area contributed by atoms with Crippen LogP contribution in [0.1, 0.15) is 5.56 Å². The molecule has 0 radical (unpaired) electrons. The zero-order valence-corrected chi connectivity index (χ0v) is 17.2. The molecule has 2 fully saturated rings. The van der Waals surface area contributed by atoms with E-state index in [4.69, 9.17) is 4.74 Å². The molecule has 0 aromatic carbocycles. The number of methoxy groups -OCH3 is 1. The fourth-order valence-corrected chi connectivity index (χ4v) is 3.99. The standard InChI is InChI=1S/C21H22N8O2/c1-31-18-8-14(13-29-20(18)15(9-22)12-24-29)17-2-3-19(26-25-17)27-4-6-28(7-5-27)21(30)16-10-23-11-16/h2-3,8,12-13,16,23H,4-7,10-11H2,1H3. The van der Waals surface area contributed by atoms with Gasteiger partial charge in [-0.1, -0.05) is 0 Å². The number of nitriles is 1. The minimum Gasteiger partial charge on any atom is -0.494 e. The highest BCUT2D eigenvalue weighted by molar-refractivity contribution is 5.80. The summed E-state index contributed by atoms with van der Waals surface area (Å²) in [5.41, 5.74) is 2.56. The lowest BCUT2D eigenvalue weighted by Gasteiger charge is -2.38. The Hall–Kier alpha value is -3.71. The van der Waals surface area contributed by atoms with Gasteiger partial charge in [0.25, 0.3) is 0 Å². The maximum atomic E-state index is 12.4. The lowest BCUT2D eigenvalue weighted by Crippen LogP contribution is -2.56. The van der Waals surface area contributed by atoms with E-state index in [2.05, 4.69) is 31.6 Å². The number of carbonyl (C=O) groups is 1. The van der Waals surface area contributed by atoms with E-state index in [0.717, 1.165) is 37.6 Å². The largest absolute Gasteiger partial charge is 0.494 e. The summed E-state index contributed by atoms with van der Waals surface area (Å²) in [5.74, 6) is 1.74. The summed E-state index contributed by atoms with van der Waals surface area (Å²) < 4.78 is 7.08. The van der Waals surface area contributed by atoms with E-state index in [1.807, 2.05) is 29.3 Å². The maximum Gasteiger partial charge on any atom is 0.228 e. The van der Waals surface area contributed by atoms with E-state index >= 15 is 0 Å². The molecule has 0 aliphatic carbocycles. The first-order valence-corrected chi connectivity index (χ1v) is 10.2. The molecule has 10 nitrogen and oxygen atoms in total. The van der Waals surface area contributed by atoms with E-state index in [-0.39, 0.29) is 11.8 Å². The molecule has 0 atom stereocenters. The molecule has 2 aliphatic rings. The Morgan fingerprint density at radius 3 is 2.65 bits per heavy atom. The van der Waals surface area contributed by atoms with Crippen molar-refractivity contribution in [3.05, 3.63) is 36.2 Å². The van der Waals surface area contributed by atoms with Gasteiger partial charge in [0, 0.05) is 51.0 Å². The fourth-order valence-electron chi connectivity index (χ4n) is 3.99. The van der Waals surface area contributed by atoms with Crippen molar-refractivity contribution in [2.45, 2.75) is 0 Å². The van der Waals surface area contributed by atoms with Crippen LogP contribution in [-0.4, -0.2) is 77.0 Å². The predicted octanol–water partition coefficient (Wildman–Crippen LogP) is 0.540. The first-order valence-electron chi connectivity index (χ1n) is 10.2. The van der Waals surface area contributed by atoms with Gasteiger partial charge in [0.1, 0.15) is 22.9 Å². The number of fused-ring (bicyclic) bond motifs is 1. The number of piperazine rings is 1. The molecule has 0 spiro atoms. The van der Waals surface area contributed by atoms with Gasteiger partial charge < -0.3 is 19.9 Å². The van der Waals surface area contributed by atoms with Crippen molar-refractivity contribution >= 4 is 17.2 Å². The number of pyridine rings is 1. The fraction of sp³-hybridized carbons (Fsp3) is 0.381. The number of nitrogens with one attached hydrogen (secondary N) is 1. The van der Waals surface area contributed by atoms with Crippen molar-refractivity contribution in [1.29, 1.82) is 5.26 Å². The van der Waals surface area contributed by atoms with Crippen LogP contribution in [0, 0.1) is 17.2 Å². The van der Waals surface area contributed by atoms with Crippen LogP contribution in [0.15, 0.2) is 30.6 Å². The molecule has 0 saturated carbocycles. The molecular formula is C21H22N8O2. The molecular weight excluding hydrogens is 396 g/mol. The zero-order chi connectivity index (χ0) is 21.4. The molecule has 158 valence electrons. The first kappa shape index (κ1) is 19.3. The number of amides is 1. The highest BCUT2D eigenvalue weighted by Gasteiger charge is 2.31. The van der Waals surface area contributed by atoms with Crippen molar-refractivity contribution < 1.29 is 9.53 Å². The quantitative estimate of drug-likeness (QED) is 0.654. The molecule has 5 rings (SSSR count). The van der Waals surface area contributed by atoms with Gasteiger partial charge >= 0.3 is 0 Å². The summed E-state index contributed by atoms with van der Waals surface area (Å²) in [6.45, 7) is 4.46. The Kier molecular flexibility index (Phi) is 4.88. The number of hydrogen-bond acceptors (Lipinski definition) is 8. The van der Waals surface area contributed by atoms with Crippen molar-refractivity contribution in [3.63, 3.8) is 0 Å². The van der Waals surface area contributed by atoms with Gasteiger partial charge in [-0.3, -0.25) is 4.79 Å². The minimum atomic E-state index is 0.138. The number of anilines is 1. The van der Waals surface area contributed by atoms with Crippen LogP contribution >= 0.6 is 0 Å². The summed E-state index contributed by atoms with van der Waals surface area (Å²) >= 11 is 0. The summed E-state index contributed by atoms with van der Waals surface area (Å²) in [6.07, 6.45) is 3.32. The summed E-state index contributed by atoms with van der Waals surface area (Å²) in [7, 11) is 1.56. The topological polar surface area (TPSA) is 112 Å². The van der Waals surface area contributed by atoms with Gasteiger partial charge in [0.2, 0.25) is 5.91 Å². The third-order valence-electron chi connectivity index (χ3n) is 5.91. The molecule has 31 heavy (non-hydrogen) atoms. The van der Waals surface area contributed by atoms with Crippen LogP contribution in [0.4, 0.5) is 5.82 Å². The van der Waals surface area contributed by atoms with Gasteiger partial charge in [-0.05, 0) is 18.2 Å². The monoisotopic (exact) mass is 418 g/mol. The zero-order valence-electron chi connectivity index (χ0n) is 17.2. The van der Waals surface area contributed by atoms with E-state index in [1.54, 1.807) is 11.6 Å². The summed E-state index contributed by atoms with van der Waals surface area (Å²) in [4.78, 5) is 16.5. The second-order valence-corrected chi connectivity index (χ2v) is 7.70. The molecule has 2 aliphatic heterocycles. The second-order valence-electron chi connectivity index (χ2n) is 7.70. The normalized spacial score (nSPS) is 16.8. The highest BCUT2D eigenvalue weighted by atomic mass is 16.5. The van der Waals surface area contributed by atoms with Gasteiger partial charge in [-0.25, -0.2) is 4.52 Å². The Morgan fingerprint density at radius 2 is 2.03 bits per heavy atom. The lowest BCUT2D eigenvalue weighted by molar-refractivity contribution is -0.137. The Labute approximate surface area is 179 Å². The van der Waals surface area contributed by atoms with Crippen LogP contribution in [0.2, 0.25) is 0 Å². The molecule has 10 heteroatoms. The molecule has 3 aromatic heterocycles. The third-order valence-corrected chi connectivity index (χ3v) is 5.91. The van der Waals surface area contributed by atoms with E-state index in [0.29, 0.717) is 35.6 Å². The van der Waals surface area contributed by atoms with Gasteiger partial charge in [-0.2, -0.15) is 10.4 Å². The molecule has 0 unspecified atom stereocenters. The smallest absolute Gasteiger partial charge is 0.228 e. The Balaban J connectivity index is 1.31. The van der Waals surface area contributed by atoms with Crippen LogP contribution in [0.3, 0.4) is 0 Å². The van der Waals surface area contributed by atoms with Crippen LogP contribution < -0.4 is 15.0 Å². The molecule has 2 saturated heterocycles.